The van der Waals surface area contributed by atoms with Crippen molar-refractivity contribution in [2.75, 3.05) is 13.1 Å². The van der Waals surface area contributed by atoms with E-state index in [1.807, 2.05) is 17.1 Å². The second-order valence-electron chi connectivity index (χ2n) is 5.05. The van der Waals surface area contributed by atoms with Crippen molar-refractivity contribution in [3.8, 4) is 0 Å². The summed E-state index contributed by atoms with van der Waals surface area (Å²) in [5.74, 6) is 0.436. The maximum absolute atomic E-state index is 10.3. The lowest BCUT2D eigenvalue weighted by molar-refractivity contribution is 0.0894. The van der Waals surface area contributed by atoms with Gasteiger partial charge < -0.3 is 10.0 Å². The predicted molar refractivity (Wildman–Crippen MR) is 81.8 cm³/mol. The van der Waals surface area contributed by atoms with E-state index in [1.54, 1.807) is 0 Å². The highest BCUT2D eigenvalue weighted by Gasteiger charge is 2.23. The van der Waals surface area contributed by atoms with E-state index in [1.165, 1.54) is 19.3 Å². The lowest BCUT2D eigenvalue weighted by Crippen LogP contribution is -2.35. The van der Waals surface area contributed by atoms with Crippen molar-refractivity contribution < 1.29 is 5.11 Å². The Hall–Kier alpha value is -0.670. The molecule has 0 aromatic heterocycles. The van der Waals surface area contributed by atoms with Gasteiger partial charge >= 0.3 is 0 Å². The molecule has 0 heterocycles. The first-order chi connectivity index (χ1) is 8.69. The summed E-state index contributed by atoms with van der Waals surface area (Å²) in [7, 11) is 0. The molecule has 1 aliphatic carbocycles. The average molecular weight is 267 g/mol. The molecule has 2 nitrogen and oxygen atoms in total. The third-order valence-electron chi connectivity index (χ3n) is 3.63. The first kappa shape index (κ1) is 15.4. The molecule has 0 saturated heterocycles. The van der Waals surface area contributed by atoms with Crippen LogP contribution in [0.1, 0.15) is 38.5 Å². The van der Waals surface area contributed by atoms with Crippen LogP contribution in [-0.2, 0) is 0 Å². The SMILES string of the molecule is C=CCN(CC=C)C(=S)C[C@@H](O)C1CCCCC1. The minimum atomic E-state index is -0.282. The van der Waals surface area contributed by atoms with Crippen LogP contribution in [0, 0.1) is 5.92 Å². The van der Waals surface area contributed by atoms with Gasteiger partial charge in [-0.3, -0.25) is 0 Å². The monoisotopic (exact) mass is 267 g/mol. The van der Waals surface area contributed by atoms with E-state index in [-0.39, 0.29) is 6.10 Å². The standard InChI is InChI=1S/C15H25NOS/c1-3-10-16(11-4-2)15(18)12-14(17)13-8-6-5-7-9-13/h3-4,13-14,17H,1-2,5-12H2/t14-/m1/s1. The van der Waals surface area contributed by atoms with Crippen molar-refractivity contribution in [2.24, 2.45) is 5.92 Å². The van der Waals surface area contributed by atoms with Crippen molar-refractivity contribution in [1.29, 1.82) is 0 Å². The quantitative estimate of drug-likeness (QED) is 0.565. The Morgan fingerprint density at radius 3 is 2.28 bits per heavy atom. The van der Waals surface area contributed by atoms with E-state index in [9.17, 15) is 5.11 Å². The molecule has 0 aromatic carbocycles. The van der Waals surface area contributed by atoms with Gasteiger partial charge in [-0.15, -0.1) is 13.2 Å². The summed E-state index contributed by atoms with van der Waals surface area (Å²) in [5.41, 5.74) is 0. The maximum atomic E-state index is 10.3. The number of hydrogen-bond donors (Lipinski definition) is 1. The molecule has 0 bridgehead atoms. The molecule has 1 fully saturated rings. The molecule has 0 amide bonds. The number of aliphatic hydroxyl groups excluding tert-OH is 1. The van der Waals surface area contributed by atoms with E-state index in [2.05, 4.69) is 13.2 Å². The zero-order valence-corrected chi connectivity index (χ0v) is 12.0. The summed E-state index contributed by atoms with van der Waals surface area (Å²) in [6.07, 6.45) is 10.1. The van der Waals surface area contributed by atoms with Gasteiger partial charge in [0.15, 0.2) is 0 Å². The van der Waals surface area contributed by atoms with Crippen molar-refractivity contribution in [1.82, 2.24) is 4.90 Å². The van der Waals surface area contributed by atoms with Gasteiger partial charge in [0, 0.05) is 19.5 Å². The zero-order valence-electron chi connectivity index (χ0n) is 11.2. The van der Waals surface area contributed by atoms with Crippen LogP contribution in [0.3, 0.4) is 0 Å². The number of thiocarbonyl (C=S) groups is 1. The fourth-order valence-corrected chi connectivity index (χ4v) is 2.90. The van der Waals surface area contributed by atoms with E-state index in [0.29, 0.717) is 12.3 Å². The first-order valence-electron chi connectivity index (χ1n) is 6.86. The van der Waals surface area contributed by atoms with Crippen LogP contribution in [0.25, 0.3) is 0 Å². The molecule has 0 radical (unpaired) electrons. The summed E-state index contributed by atoms with van der Waals surface area (Å²) in [4.78, 5) is 2.87. The van der Waals surface area contributed by atoms with Gasteiger partial charge in [-0.05, 0) is 18.8 Å². The number of rotatable bonds is 7. The summed E-state index contributed by atoms with van der Waals surface area (Å²) < 4.78 is 0. The minimum absolute atomic E-state index is 0.282. The number of nitrogens with zero attached hydrogens (tertiary/aromatic N) is 1. The lowest BCUT2D eigenvalue weighted by atomic mass is 9.84. The highest BCUT2D eigenvalue weighted by atomic mass is 32.1. The van der Waals surface area contributed by atoms with Gasteiger partial charge in [0.1, 0.15) is 0 Å². The van der Waals surface area contributed by atoms with Crippen LogP contribution in [0.4, 0.5) is 0 Å². The molecule has 1 atom stereocenters. The van der Waals surface area contributed by atoms with Gasteiger partial charge in [-0.25, -0.2) is 0 Å². The Kier molecular flexibility index (Phi) is 7.21. The highest BCUT2D eigenvalue weighted by molar-refractivity contribution is 7.80. The van der Waals surface area contributed by atoms with E-state index >= 15 is 0 Å². The number of hydrogen-bond acceptors (Lipinski definition) is 2. The minimum Gasteiger partial charge on any atom is -0.392 e. The molecule has 18 heavy (non-hydrogen) atoms. The molecular formula is C15H25NOS. The normalized spacial score (nSPS) is 18.1. The highest BCUT2D eigenvalue weighted by Crippen LogP contribution is 2.28. The molecular weight excluding hydrogens is 242 g/mol. The van der Waals surface area contributed by atoms with E-state index in [0.717, 1.165) is 30.9 Å². The molecule has 0 unspecified atom stereocenters. The van der Waals surface area contributed by atoms with Crippen LogP contribution in [0.5, 0.6) is 0 Å². The smallest absolute Gasteiger partial charge is 0.0810 e. The third kappa shape index (κ3) is 4.91. The Bertz CT molecular complexity index is 274. The molecule has 1 saturated carbocycles. The molecule has 1 rings (SSSR count). The third-order valence-corrected chi connectivity index (χ3v) is 4.05. The van der Waals surface area contributed by atoms with Gasteiger partial charge in [-0.2, -0.15) is 0 Å². The van der Waals surface area contributed by atoms with Gasteiger partial charge in [0.2, 0.25) is 0 Å². The van der Waals surface area contributed by atoms with Gasteiger partial charge in [0.05, 0.1) is 11.1 Å². The molecule has 1 aliphatic rings. The van der Waals surface area contributed by atoms with Crippen molar-refractivity contribution >= 4 is 17.2 Å². The van der Waals surface area contributed by atoms with E-state index < -0.39 is 0 Å². The summed E-state index contributed by atoms with van der Waals surface area (Å²) in [6, 6.07) is 0. The van der Waals surface area contributed by atoms with Crippen LogP contribution in [0.15, 0.2) is 25.3 Å². The molecule has 0 spiro atoms. The fourth-order valence-electron chi connectivity index (χ4n) is 2.58. The van der Waals surface area contributed by atoms with Crippen molar-refractivity contribution in [3.63, 3.8) is 0 Å². The molecule has 0 aromatic rings. The average Bonchev–Trinajstić information content (AvgIpc) is 2.39. The summed E-state index contributed by atoms with van der Waals surface area (Å²) >= 11 is 5.42. The Labute approximate surface area is 116 Å². The predicted octanol–water partition coefficient (Wildman–Crippen LogP) is 3.32. The van der Waals surface area contributed by atoms with Crippen molar-refractivity contribution in [3.05, 3.63) is 25.3 Å². The van der Waals surface area contributed by atoms with Crippen LogP contribution >= 0.6 is 12.2 Å². The largest absolute Gasteiger partial charge is 0.392 e. The van der Waals surface area contributed by atoms with Crippen LogP contribution in [0.2, 0.25) is 0 Å². The lowest BCUT2D eigenvalue weighted by Gasteiger charge is -2.29. The molecule has 0 aliphatic heterocycles. The number of aliphatic hydroxyl groups is 1. The first-order valence-corrected chi connectivity index (χ1v) is 7.27. The molecule has 102 valence electrons. The van der Waals surface area contributed by atoms with Crippen molar-refractivity contribution in [2.45, 2.75) is 44.6 Å². The fraction of sp³-hybridized carbons (Fsp3) is 0.667. The van der Waals surface area contributed by atoms with Crippen LogP contribution in [-0.4, -0.2) is 34.2 Å². The topological polar surface area (TPSA) is 23.5 Å². The Morgan fingerprint density at radius 1 is 1.22 bits per heavy atom. The summed E-state index contributed by atoms with van der Waals surface area (Å²) in [5, 5.41) is 10.3. The van der Waals surface area contributed by atoms with E-state index in [4.69, 9.17) is 12.2 Å². The second-order valence-corrected chi connectivity index (χ2v) is 5.52. The molecule has 1 N–H and O–H groups in total. The van der Waals surface area contributed by atoms with Crippen LogP contribution < -0.4 is 0 Å². The van der Waals surface area contributed by atoms with Gasteiger partial charge in [-0.1, -0.05) is 43.6 Å². The van der Waals surface area contributed by atoms with Gasteiger partial charge in [0.25, 0.3) is 0 Å². The second kappa shape index (κ2) is 8.44. The zero-order chi connectivity index (χ0) is 13.4. The Morgan fingerprint density at radius 2 is 1.78 bits per heavy atom. The maximum Gasteiger partial charge on any atom is 0.0810 e. The summed E-state index contributed by atoms with van der Waals surface area (Å²) in [6.45, 7) is 8.92. The Balaban J connectivity index is 2.44. The molecule has 3 heteroatoms.